The minimum atomic E-state index is -5.08. The first-order valence-electron chi connectivity index (χ1n) is 10.8. The van der Waals surface area contributed by atoms with Gasteiger partial charge in [0.1, 0.15) is 0 Å². The number of benzene rings is 1. The van der Waals surface area contributed by atoms with E-state index < -0.39 is 22.2 Å². The van der Waals surface area contributed by atoms with E-state index in [0.29, 0.717) is 32.7 Å². The largest absolute Gasteiger partial charge is 0.490 e. The van der Waals surface area contributed by atoms with Gasteiger partial charge in [0.2, 0.25) is 15.9 Å². The number of aliphatic carboxylic acids is 1. The van der Waals surface area contributed by atoms with Gasteiger partial charge < -0.3 is 20.1 Å². The Kier molecular flexibility index (Phi) is 12.5. The van der Waals surface area contributed by atoms with Crippen LogP contribution in [0.15, 0.2) is 29.2 Å². The number of sulfonamides is 1. The molecule has 1 fully saturated rings. The summed E-state index contributed by atoms with van der Waals surface area (Å²) in [4.78, 5) is 23.4. The summed E-state index contributed by atoms with van der Waals surface area (Å²) in [6.45, 7) is 5.94. The molecular weight excluding hydrogens is 479 g/mol. The lowest BCUT2D eigenvalue weighted by Gasteiger charge is -2.29. The lowest BCUT2D eigenvalue weighted by molar-refractivity contribution is -0.192. The van der Waals surface area contributed by atoms with Gasteiger partial charge in [0.25, 0.3) is 0 Å². The molecule has 1 aliphatic heterocycles. The average Bonchev–Trinajstić information content (AvgIpc) is 2.81. The lowest BCUT2D eigenvalue weighted by Crippen LogP contribution is -2.47. The summed E-state index contributed by atoms with van der Waals surface area (Å²) in [5, 5.41) is 10.3. The number of carbonyl (C=O) groups is 2. The van der Waals surface area contributed by atoms with Gasteiger partial charge in [0, 0.05) is 59.4 Å². The van der Waals surface area contributed by atoms with E-state index in [2.05, 4.69) is 5.32 Å². The molecule has 0 saturated carbocycles. The highest BCUT2D eigenvalue weighted by Crippen LogP contribution is 2.18. The van der Waals surface area contributed by atoms with Crippen LogP contribution in [-0.4, -0.2) is 93.8 Å². The first-order valence-corrected chi connectivity index (χ1v) is 12.2. The SMILES string of the molecule is CCc1ccc(S(=O)(=O)N(CCCOC)CCC(=O)N2CCNCC2)cc1.O=C(O)C(F)(F)F. The number of hydrogen-bond donors (Lipinski definition) is 2. The van der Waals surface area contributed by atoms with Crippen molar-refractivity contribution in [2.75, 3.05) is 53.0 Å². The molecule has 0 radical (unpaired) electrons. The molecule has 1 saturated heterocycles. The summed E-state index contributed by atoms with van der Waals surface area (Å²) in [5.74, 6) is -2.75. The van der Waals surface area contributed by atoms with E-state index in [1.54, 1.807) is 24.1 Å². The molecule has 0 spiro atoms. The number of rotatable bonds is 10. The van der Waals surface area contributed by atoms with Gasteiger partial charge in [0.05, 0.1) is 4.90 Å². The Morgan fingerprint density at radius 3 is 2.18 bits per heavy atom. The van der Waals surface area contributed by atoms with Crippen molar-refractivity contribution in [3.05, 3.63) is 29.8 Å². The number of piperazine rings is 1. The highest BCUT2D eigenvalue weighted by atomic mass is 32.2. The summed E-state index contributed by atoms with van der Waals surface area (Å²) in [6, 6.07) is 6.98. The quantitative estimate of drug-likeness (QED) is 0.460. The number of carboxylic acids is 1. The molecule has 0 bridgehead atoms. The highest BCUT2D eigenvalue weighted by molar-refractivity contribution is 7.89. The Labute approximate surface area is 197 Å². The van der Waals surface area contributed by atoms with Gasteiger partial charge in [-0.05, 0) is 30.5 Å². The highest BCUT2D eigenvalue weighted by Gasteiger charge is 2.38. The zero-order valence-electron chi connectivity index (χ0n) is 19.3. The zero-order valence-corrected chi connectivity index (χ0v) is 20.1. The Morgan fingerprint density at radius 2 is 1.71 bits per heavy atom. The molecule has 1 aliphatic rings. The molecule has 0 unspecified atom stereocenters. The molecule has 13 heteroatoms. The van der Waals surface area contributed by atoms with Crippen molar-refractivity contribution in [3.8, 4) is 0 Å². The molecule has 9 nitrogen and oxygen atoms in total. The Bertz CT molecular complexity index is 873. The molecule has 34 heavy (non-hydrogen) atoms. The van der Waals surface area contributed by atoms with Gasteiger partial charge in [-0.2, -0.15) is 17.5 Å². The number of hydrogen-bond acceptors (Lipinski definition) is 6. The third kappa shape index (κ3) is 9.95. The number of nitrogens with one attached hydrogen (secondary N) is 1. The second-order valence-electron chi connectivity index (χ2n) is 7.43. The number of methoxy groups -OCH3 is 1. The van der Waals surface area contributed by atoms with Crippen LogP contribution in [0.25, 0.3) is 0 Å². The zero-order chi connectivity index (χ0) is 25.8. The molecule has 2 rings (SSSR count). The number of amides is 1. The fourth-order valence-electron chi connectivity index (χ4n) is 3.08. The lowest BCUT2D eigenvalue weighted by atomic mass is 10.2. The molecule has 194 valence electrons. The number of halogens is 3. The fraction of sp³-hybridized carbons (Fsp3) is 0.619. The van der Waals surface area contributed by atoms with Crippen molar-refractivity contribution in [2.45, 2.75) is 37.3 Å². The van der Waals surface area contributed by atoms with Crippen LogP contribution >= 0.6 is 0 Å². The molecule has 0 aromatic heterocycles. The van der Waals surface area contributed by atoms with Gasteiger partial charge in [-0.1, -0.05) is 19.1 Å². The standard InChI is InChI=1S/C19H31N3O4S.C2HF3O2/c1-3-17-5-7-18(8-6-17)27(24,25)22(12-4-16-26-2)13-9-19(23)21-14-10-20-11-15-21;3-2(4,5)1(6)7/h5-8,20H,3-4,9-16H2,1-2H3;(H,6,7). The van der Waals surface area contributed by atoms with Crippen LogP contribution in [0.4, 0.5) is 13.2 Å². The number of aryl methyl sites for hydroxylation is 1. The van der Waals surface area contributed by atoms with Crippen molar-refractivity contribution in [1.29, 1.82) is 0 Å². The van der Waals surface area contributed by atoms with Crippen molar-refractivity contribution < 1.29 is 41.0 Å². The summed E-state index contributed by atoms with van der Waals surface area (Å²) in [5.41, 5.74) is 1.09. The van der Waals surface area contributed by atoms with Gasteiger partial charge in [-0.15, -0.1) is 0 Å². The van der Waals surface area contributed by atoms with Gasteiger partial charge in [-0.3, -0.25) is 4.79 Å². The molecule has 2 N–H and O–H groups in total. The first-order chi connectivity index (χ1) is 15.9. The maximum atomic E-state index is 13.1. The second-order valence-corrected chi connectivity index (χ2v) is 9.37. The number of carboxylic acid groups (broad SMARTS) is 1. The normalized spacial score (nSPS) is 14.5. The van der Waals surface area contributed by atoms with Crippen LogP contribution in [-0.2, 0) is 30.8 Å². The van der Waals surface area contributed by atoms with Gasteiger partial charge in [-0.25, -0.2) is 13.2 Å². The molecule has 0 aliphatic carbocycles. The second kappa shape index (κ2) is 14.2. The van der Waals surface area contributed by atoms with Crippen molar-refractivity contribution in [2.24, 2.45) is 0 Å². The van der Waals surface area contributed by atoms with Crippen LogP contribution in [0.2, 0.25) is 0 Å². The average molecular weight is 512 g/mol. The minimum absolute atomic E-state index is 0.00442. The maximum absolute atomic E-state index is 13.1. The molecule has 1 amide bonds. The third-order valence-electron chi connectivity index (χ3n) is 5.01. The predicted octanol–water partition coefficient (Wildman–Crippen LogP) is 1.73. The Balaban J connectivity index is 0.000000718. The topological polar surface area (TPSA) is 116 Å². The Morgan fingerprint density at radius 1 is 1.15 bits per heavy atom. The van der Waals surface area contributed by atoms with E-state index in [-0.39, 0.29) is 23.8 Å². The van der Waals surface area contributed by atoms with Crippen molar-refractivity contribution in [3.63, 3.8) is 0 Å². The van der Waals surface area contributed by atoms with E-state index >= 15 is 0 Å². The number of carbonyl (C=O) groups excluding carboxylic acids is 1. The molecule has 1 aromatic carbocycles. The van der Waals surface area contributed by atoms with E-state index in [1.807, 2.05) is 19.1 Å². The summed E-state index contributed by atoms with van der Waals surface area (Å²) in [6.07, 6.45) is -3.44. The number of ether oxygens (including phenoxy) is 1. The van der Waals surface area contributed by atoms with E-state index in [1.165, 1.54) is 4.31 Å². The third-order valence-corrected chi connectivity index (χ3v) is 6.93. The molecule has 1 heterocycles. The van der Waals surface area contributed by atoms with Crippen LogP contribution in [0, 0.1) is 0 Å². The minimum Gasteiger partial charge on any atom is -0.475 e. The van der Waals surface area contributed by atoms with Crippen molar-refractivity contribution >= 4 is 21.9 Å². The van der Waals surface area contributed by atoms with E-state index in [4.69, 9.17) is 14.6 Å². The van der Waals surface area contributed by atoms with Crippen molar-refractivity contribution in [1.82, 2.24) is 14.5 Å². The van der Waals surface area contributed by atoms with Crippen LogP contribution in [0.5, 0.6) is 0 Å². The first kappa shape index (κ1) is 29.8. The summed E-state index contributed by atoms with van der Waals surface area (Å²) in [7, 11) is -2.04. The molecule has 0 atom stereocenters. The van der Waals surface area contributed by atoms with Crippen LogP contribution < -0.4 is 5.32 Å². The van der Waals surface area contributed by atoms with E-state index in [9.17, 15) is 26.4 Å². The van der Waals surface area contributed by atoms with Gasteiger partial charge in [0.15, 0.2) is 0 Å². The van der Waals surface area contributed by atoms with Crippen LogP contribution in [0.3, 0.4) is 0 Å². The number of alkyl halides is 3. The summed E-state index contributed by atoms with van der Waals surface area (Å²) >= 11 is 0. The Hall–Kier alpha value is -2.22. The fourth-order valence-corrected chi connectivity index (χ4v) is 4.56. The monoisotopic (exact) mass is 511 g/mol. The van der Waals surface area contributed by atoms with E-state index in [0.717, 1.165) is 25.1 Å². The predicted molar refractivity (Wildman–Crippen MR) is 119 cm³/mol. The molecular formula is C21H32F3N3O6S. The number of nitrogens with zero attached hydrogens (tertiary/aromatic N) is 2. The smallest absolute Gasteiger partial charge is 0.475 e. The van der Waals surface area contributed by atoms with Crippen LogP contribution in [0.1, 0.15) is 25.3 Å². The maximum Gasteiger partial charge on any atom is 0.490 e. The van der Waals surface area contributed by atoms with Gasteiger partial charge >= 0.3 is 12.1 Å². The molecule has 1 aromatic rings. The summed E-state index contributed by atoms with van der Waals surface area (Å²) < 4.78 is 64.3.